The third kappa shape index (κ3) is 35.5. The van der Waals surface area contributed by atoms with Gasteiger partial charge >= 0.3 is 0 Å². The average molecular weight is 517 g/mol. The third-order valence-corrected chi connectivity index (χ3v) is 8.25. The van der Waals surface area contributed by atoms with Crippen molar-refractivity contribution in [2.75, 3.05) is 0 Å². The van der Waals surface area contributed by atoms with Crippen LogP contribution in [0.3, 0.4) is 0 Å². The van der Waals surface area contributed by atoms with Gasteiger partial charge < -0.3 is 0 Å². The van der Waals surface area contributed by atoms with Gasteiger partial charge in [-0.3, -0.25) is 0 Å². The van der Waals surface area contributed by atoms with E-state index in [1.54, 1.807) is 0 Å². The molecule has 37 heavy (non-hydrogen) atoms. The number of rotatable bonds is 33. The van der Waals surface area contributed by atoms with Crippen molar-refractivity contribution in [3.63, 3.8) is 0 Å². The Bertz CT molecular complexity index is 420. The lowest BCUT2D eigenvalue weighted by Crippen LogP contribution is -1.85. The Balaban J connectivity index is 3.02. The van der Waals surface area contributed by atoms with Crippen molar-refractivity contribution in [3.8, 4) is 0 Å². The number of unbranched alkanes of at least 4 members (excludes halogenated alkanes) is 31. The van der Waals surface area contributed by atoms with Crippen LogP contribution >= 0.6 is 0 Å². The highest BCUT2D eigenvalue weighted by Gasteiger charge is 1.97. The van der Waals surface area contributed by atoms with Crippen molar-refractivity contribution in [3.05, 3.63) is 24.8 Å². The summed E-state index contributed by atoms with van der Waals surface area (Å²) in [5, 5.41) is 0. The van der Waals surface area contributed by atoms with E-state index in [0.29, 0.717) is 0 Å². The van der Waals surface area contributed by atoms with Gasteiger partial charge in [0.2, 0.25) is 0 Å². The van der Waals surface area contributed by atoms with Crippen LogP contribution in [-0.2, 0) is 0 Å². The predicted octanol–water partition coefficient (Wildman–Crippen LogP) is 14.2. The van der Waals surface area contributed by atoms with Crippen molar-refractivity contribution in [1.29, 1.82) is 0 Å². The van der Waals surface area contributed by atoms with Gasteiger partial charge in [0.05, 0.1) is 0 Å². The molecule has 0 saturated carbocycles. The molecule has 0 unspecified atom stereocenters. The summed E-state index contributed by atoms with van der Waals surface area (Å²) in [5.74, 6) is 0. The standard InChI is InChI=1S/C37H72/c1-3-5-7-9-11-13-15-17-19-21-23-25-27-29-31-33-35-37-36-34-32-30-28-26-24-22-20-18-16-14-12-10-8-6-4-2/h3,5,7H,1,4,6,8-37H2,2H3/b7-5+. The molecule has 0 aliphatic rings. The molecule has 220 valence electrons. The Morgan fingerprint density at radius 3 is 0.757 bits per heavy atom. The summed E-state index contributed by atoms with van der Waals surface area (Å²) in [6.45, 7) is 6.02. The van der Waals surface area contributed by atoms with Crippen molar-refractivity contribution in [2.45, 2.75) is 212 Å². The van der Waals surface area contributed by atoms with E-state index in [2.05, 4.69) is 25.7 Å². The molecule has 0 heterocycles. The summed E-state index contributed by atoms with van der Waals surface area (Å²) in [6, 6.07) is 0. The summed E-state index contributed by atoms with van der Waals surface area (Å²) >= 11 is 0. The van der Waals surface area contributed by atoms with E-state index in [0.717, 1.165) is 0 Å². The number of hydrogen-bond donors (Lipinski definition) is 0. The van der Waals surface area contributed by atoms with Gasteiger partial charge in [-0.1, -0.05) is 224 Å². The molecule has 0 rings (SSSR count). The molecule has 0 atom stereocenters. The lowest BCUT2D eigenvalue weighted by Gasteiger charge is -2.04. The van der Waals surface area contributed by atoms with E-state index in [9.17, 15) is 0 Å². The maximum absolute atomic E-state index is 3.72. The first-order valence-corrected chi connectivity index (χ1v) is 17.7. The van der Waals surface area contributed by atoms with Crippen LogP contribution in [0.1, 0.15) is 212 Å². The highest BCUT2D eigenvalue weighted by Crippen LogP contribution is 2.16. The van der Waals surface area contributed by atoms with Gasteiger partial charge in [-0.05, 0) is 12.8 Å². The predicted molar refractivity (Wildman–Crippen MR) is 173 cm³/mol. The largest absolute Gasteiger partial charge is 0.0991 e. The molecule has 0 heteroatoms. The first-order valence-electron chi connectivity index (χ1n) is 17.7. The molecule has 0 aliphatic carbocycles. The maximum atomic E-state index is 3.72. The van der Waals surface area contributed by atoms with E-state index in [-0.39, 0.29) is 0 Å². The van der Waals surface area contributed by atoms with E-state index in [1.807, 2.05) is 6.08 Å². The summed E-state index contributed by atoms with van der Waals surface area (Å²) in [5.41, 5.74) is 0. The van der Waals surface area contributed by atoms with Crippen LogP contribution in [0.2, 0.25) is 0 Å². The molecular formula is C37H72. The molecule has 0 amide bonds. The fraction of sp³-hybridized carbons (Fsp3) is 0.892. The summed E-state index contributed by atoms with van der Waals surface area (Å²) in [7, 11) is 0. The second-order valence-corrected chi connectivity index (χ2v) is 12.1. The highest BCUT2D eigenvalue weighted by atomic mass is 14.0. The second-order valence-electron chi connectivity index (χ2n) is 12.1. The highest BCUT2D eigenvalue weighted by molar-refractivity contribution is 4.96. The van der Waals surface area contributed by atoms with Crippen LogP contribution in [0.15, 0.2) is 24.8 Å². The van der Waals surface area contributed by atoms with Crippen LogP contribution in [-0.4, -0.2) is 0 Å². The molecule has 0 fully saturated rings. The molecule has 0 aromatic heterocycles. The first-order chi connectivity index (χ1) is 18.4. The maximum Gasteiger partial charge on any atom is -0.0348 e. The minimum absolute atomic E-state index is 1.23. The van der Waals surface area contributed by atoms with Gasteiger partial charge in [0.25, 0.3) is 0 Å². The Labute approximate surface area is 236 Å². The molecule has 0 bridgehead atoms. The van der Waals surface area contributed by atoms with Crippen LogP contribution < -0.4 is 0 Å². The SMILES string of the molecule is C=C/C=C/CCCCCCCCCCCCCCCCCCCCCCCCCCCCCCCCC. The molecule has 0 spiro atoms. The van der Waals surface area contributed by atoms with Gasteiger partial charge in [-0.25, -0.2) is 0 Å². The van der Waals surface area contributed by atoms with Crippen LogP contribution in [0.25, 0.3) is 0 Å². The van der Waals surface area contributed by atoms with Crippen LogP contribution in [0, 0.1) is 0 Å². The van der Waals surface area contributed by atoms with Gasteiger partial charge in [-0.15, -0.1) is 0 Å². The van der Waals surface area contributed by atoms with Crippen molar-refractivity contribution < 1.29 is 0 Å². The first kappa shape index (κ1) is 36.5. The lowest BCUT2D eigenvalue weighted by atomic mass is 10.0. The minimum Gasteiger partial charge on any atom is -0.0991 e. The van der Waals surface area contributed by atoms with Gasteiger partial charge in [-0.2, -0.15) is 0 Å². The minimum atomic E-state index is 1.23. The average Bonchev–Trinajstić information content (AvgIpc) is 2.91. The van der Waals surface area contributed by atoms with Gasteiger partial charge in [0.15, 0.2) is 0 Å². The zero-order valence-electron chi connectivity index (χ0n) is 26.1. The quantitative estimate of drug-likeness (QED) is 0.0601. The Morgan fingerprint density at radius 2 is 0.541 bits per heavy atom. The fourth-order valence-corrected chi connectivity index (χ4v) is 5.65. The number of allylic oxidation sites excluding steroid dienone is 3. The lowest BCUT2D eigenvalue weighted by molar-refractivity contribution is 0.512. The zero-order chi connectivity index (χ0) is 26.7. The summed E-state index contributed by atoms with van der Waals surface area (Å²) in [6.07, 6.45) is 53.0. The van der Waals surface area contributed by atoms with E-state index in [4.69, 9.17) is 0 Å². The van der Waals surface area contributed by atoms with Crippen molar-refractivity contribution >= 4 is 0 Å². The van der Waals surface area contributed by atoms with Crippen LogP contribution in [0.4, 0.5) is 0 Å². The molecule has 0 N–H and O–H groups in total. The smallest absolute Gasteiger partial charge is 0.0348 e. The van der Waals surface area contributed by atoms with E-state index < -0.39 is 0 Å². The topological polar surface area (TPSA) is 0 Å². The molecule has 0 aromatic rings. The van der Waals surface area contributed by atoms with Crippen molar-refractivity contribution in [1.82, 2.24) is 0 Å². The molecule has 0 radical (unpaired) electrons. The van der Waals surface area contributed by atoms with E-state index >= 15 is 0 Å². The van der Waals surface area contributed by atoms with Crippen LogP contribution in [0.5, 0.6) is 0 Å². The number of hydrogen-bond acceptors (Lipinski definition) is 0. The molecular weight excluding hydrogens is 444 g/mol. The second kappa shape index (κ2) is 35.5. The molecule has 0 aliphatic heterocycles. The molecule has 0 nitrogen and oxygen atoms in total. The summed E-state index contributed by atoms with van der Waals surface area (Å²) < 4.78 is 0. The van der Waals surface area contributed by atoms with Gasteiger partial charge in [0.1, 0.15) is 0 Å². The summed E-state index contributed by atoms with van der Waals surface area (Å²) in [4.78, 5) is 0. The third-order valence-electron chi connectivity index (χ3n) is 8.25. The molecule has 0 aromatic carbocycles. The fourth-order valence-electron chi connectivity index (χ4n) is 5.65. The monoisotopic (exact) mass is 517 g/mol. The Hall–Kier alpha value is -0.520. The van der Waals surface area contributed by atoms with E-state index in [1.165, 1.54) is 205 Å². The van der Waals surface area contributed by atoms with Gasteiger partial charge in [0, 0.05) is 0 Å². The Kier molecular flexibility index (Phi) is 35.0. The zero-order valence-corrected chi connectivity index (χ0v) is 26.1. The van der Waals surface area contributed by atoms with Crippen molar-refractivity contribution in [2.24, 2.45) is 0 Å². The molecule has 0 saturated heterocycles. The Morgan fingerprint density at radius 1 is 0.324 bits per heavy atom. The normalized spacial score (nSPS) is 11.6.